The van der Waals surface area contributed by atoms with Crippen LogP contribution in [-0.4, -0.2) is 35.3 Å². The molecule has 0 aliphatic carbocycles. The van der Waals surface area contributed by atoms with Crippen LogP contribution in [0.15, 0.2) is 23.1 Å². The first kappa shape index (κ1) is 15.7. The largest absolute Gasteiger partial charge is 0.495 e. The number of sulfonamides is 1. The highest BCUT2D eigenvalue weighted by molar-refractivity contribution is 7.89. The second-order valence-electron chi connectivity index (χ2n) is 4.09. The van der Waals surface area contributed by atoms with Gasteiger partial charge in [-0.05, 0) is 18.6 Å². The lowest BCUT2D eigenvalue weighted by Crippen LogP contribution is -2.37. The molecule has 0 saturated heterocycles. The molecule has 0 saturated carbocycles. The minimum atomic E-state index is -3.66. The third-order valence-corrected chi connectivity index (χ3v) is 4.22. The van der Waals surface area contributed by atoms with Crippen molar-refractivity contribution in [3.63, 3.8) is 0 Å². The van der Waals surface area contributed by atoms with E-state index in [4.69, 9.17) is 15.2 Å². The van der Waals surface area contributed by atoms with Crippen molar-refractivity contribution in [2.75, 3.05) is 26.6 Å². The van der Waals surface area contributed by atoms with Crippen LogP contribution in [0, 0.1) is 0 Å². The quantitative estimate of drug-likeness (QED) is 0.730. The van der Waals surface area contributed by atoms with Crippen LogP contribution in [0.2, 0.25) is 0 Å². The summed E-state index contributed by atoms with van der Waals surface area (Å²) in [6.07, 6.45) is 0.629. The Bertz CT molecular complexity index is 516. The maximum atomic E-state index is 12.3. The molecule has 19 heavy (non-hydrogen) atoms. The van der Waals surface area contributed by atoms with Gasteiger partial charge < -0.3 is 15.2 Å². The normalized spacial score (nSPS) is 13.2. The Morgan fingerprint density at radius 2 is 2.05 bits per heavy atom. The first-order chi connectivity index (χ1) is 8.94. The van der Waals surface area contributed by atoms with E-state index in [1.54, 1.807) is 0 Å². The molecule has 0 bridgehead atoms. The van der Waals surface area contributed by atoms with Crippen molar-refractivity contribution in [3.8, 4) is 5.75 Å². The minimum absolute atomic E-state index is 0.0683. The second kappa shape index (κ2) is 6.74. The van der Waals surface area contributed by atoms with Gasteiger partial charge in [0.25, 0.3) is 0 Å². The molecule has 0 aliphatic heterocycles. The average Bonchev–Trinajstić information content (AvgIpc) is 2.37. The van der Waals surface area contributed by atoms with Crippen molar-refractivity contribution >= 4 is 15.7 Å². The predicted molar refractivity (Wildman–Crippen MR) is 73.7 cm³/mol. The zero-order valence-corrected chi connectivity index (χ0v) is 12.2. The van der Waals surface area contributed by atoms with Crippen LogP contribution in [-0.2, 0) is 14.8 Å². The molecule has 0 spiro atoms. The monoisotopic (exact) mass is 288 g/mol. The number of nitrogens with one attached hydrogen (secondary N) is 1. The van der Waals surface area contributed by atoms with Crippen LogP contribution >= 0.6 is 0 Å². The molecule has 1 aromatic rings. The Labute approximate surface area is 113 Å². The lowest BCUT2D eigenvalue weighted by Gasteiger charge is -2.17. The molecule has 1 atom stereocenters. The second-order valence-corrected chi connectivity index (χ2v) is 5.77. The first-order valence-electron chi connectivity index (χ1n) is 5.89. The Hall–Kier alpha value is -1.31. The summed E-state index contributed by atoms with van der Waals surface area (Å²) in [4.78, 5) is 0.0683. The molecule has 6 nitrogen and oxygen atoms in total. The fraction of sp³-hybridized carbons (Fsp3) is 0.500. The summed E-state index contributed by atoms with van der Waals surface area (Å²) in [6, 6.07) is 4.15. The molecule has 108 valence electrons. The highest BCUT2D eigenvalue weighted by Crippen LogP contribution is 2.26. The molecule has 0 heterocycles. The van der Waals surface area contributed by atoms with E-state index in [0.29, 0.717) is 18.7 Å². The van der Waals surface area contributed by atoms with E-state index in [9.17, 15) is 8.42 Å². The summed E-state index contributed by atoms with van der Waals surface area (Å²) in [7, 11) is -0.732. The number of rotatable bonds is 7. The van der Waals surface area contributed by atoms with Crippen molar-refractivity contribution in [2.24, 2.45) is 0 Å². The fourth-order valence-electron chi connectivity index (χ4n) is 1.63. The van der Waals surface area contributed by atoms with E-state index in [1.807, 2.05) is 6.92 Å². The van der Waals surface area contributed by atoms with Crippen molar-refractivity contribution in [3.05, 3.63) is 18.2 Å². The number of methoxy groups -OCH3 is 2. The standard InChI is InChI=1S/C12H20N2O4S/c1-4-10(8-17-2)14-19(15,16)12-6-5-9(13)7-11(12)18-3/h5-7,10,14H,4,8,13H2,1-3H3. The number of anilines is 1. The topological polar surface area (TPSA) is 90.7 Å². The highest BCUT2D eigenvalue weighted by Gasteiger charge is 2.22. The molecular weight excluding hydrogens is 268 g/mol. The van der Waals surface area contributed by atoms with Gasteiger partial charge in [0.15, 0.2) is 0 Å². The van der Waals surface area contributed by atoms with Crippen LogP contribution in [0.3, 0.4) is 0 Å². The number of benzene rings is 1. The predicted octanol–water partition coefficient (Wildman–Crippen LogP) is 0.981. The van der Waals surface area contributed by atoms with E-state index >= 15 is 0 Å². The molecule has 1 rings (SSSR count). The highest BCUT2D eigenvalue weighted by atomic mass is 32.2. The van der Waals surface area contributed by atoms with Crippen molar-refractivity contribution < 1.29 is 17.9 Å². The summed E-state index contributed by atoms with van der Waals surface area (Å²) in [5.41, 5.74) is 6.05. The average molecular weight is 288 g/mol. The molecule has 3 N–H and O–H groups in total. The van der Waals surface area contributed by atoms with E-state index in [-0.39, 0.29) is 16.7 Å². The number of ether oxygens (including phenoxy) is 2. The van der Waals surface area contributed by atoms with Crippen LogP contribution in [0.4, 0.5) is 5.69 Å². The molecule has 0 amide bonds. The summed E-state index contributed by atoms with van der Waals surface area (Å²) in [6.45, 7) is 2.19. The summed E-state index contributed by atoms with van der Waals surface area (Å²) < 4.78 is 37.2. The molecule has 1 unspecified atom stereocenters. The van der Waals surface area contributed by atoms with Gasteiger partial charge in [0.2, 0.25) is 10.0 Å². The zero-order chi connectivity index (χ0) is 14.5. The number of hydrogen-bond acceptors (Lipinski definition) is 5. The van der Waals surface area contributed by atoms with Gasteiger partial charge in [-0.2, -0.15) is 0 Å². The number of hydrogen-bond donors (Lipinski definition) is 2. The lowest BCUT2D eigenvalue weighted by molar-refractivity contribution is 0.173. The maximum absolute atomic E-state index is 12.3. The third kappa shape index (κ3) is 4.09. The van der Waals surface area contributed by atoms with Gasteiger partial charge in [-0.25, -0.2) is 13.1 Å². The number of nitrogens with two attached hydrogens (primary N) is 1. The van der Waals surface area contributed by atoms with Crippen molar-refractivity contribution in [1.82, 2.24) is 4.72 Å². The van der Waals surface area contributed by atoms with Crippen molar-refractivity contribution in [1.29, 1.82) is 0 Å². The molecule has 0 aromatic heterocycles. The van der Waals surface area contributed by atoms with Gasteiger partial charge in [0.1, 0.15) is 10.6 Å². The van der Waals surface area contributed by atoms with Gasteiger partial charge in [0, 0.05) is 24.9 Å². The first-order valence-corrected chi connectivity index (χ1v) is 7.37. The summed E-state index contributed by atoms with van der Waals surface area (Å²) >= 11 is 0. The van der Waals surface area contributed by atoms with E-state index in [1.165, 1.54) is 32.4 Å². The van der Waals surface area contributed by atoms with Crippen LogP contribution in [0.5, 0.6) is 5.75 Å². The van der Waals surface area contributed by atoms with Gasteiger partial charge in [-0.15, -0.1) is 0 Å². The molecular formula is C12H20N2O4S. The van der Waals surface area contributed by atoms with Crippen LogP contribution in [0.1, 0.15) is 13.3 Å². The third-order valence-electron chi connectivity index (χ3n) is 2.66. The molecule has 0 fully saturated rings. The number of nitrogen functional groups attached to an aromatic ring is 1. The van der Waals surface area contributed by atoms with E-state index in [2.05, 4.69) is 4.72 Å². The fourth-order valence-corrected chi connectivity index (χ4v) is 3.08. The summed E-state index contributed by atoms with van der Waals surface area (Å²) in [5, 5.41) is 0. The smallest absolute Gasteiger partial charge is 0.244 e. The van der Waals surface area contributed by atoms with Gasteiger partial charge in [0.05, 0.1) is 13.7 Å². The molecule has 7 heteroatoms. The van der Waals surface area contributed by atoms with E-state index < -0.39 is 10.0 Å². The lowest BCUT2D eigenvalue weighted by atomic mass is 10.3. The van der Waals surface area contributed by atoms with Crippen LogP contribution < -0.4 is 15.2 Å². The zero-order valence-electron chi connectivity index (χ0n) is 11.3. The van der Waals surface area contributed by atoms with Gasteiger partial charge >= 0.3 is 0 Å². The Balaban J connectivity index is 3.06. The maximum Gasteiger partial charge on any atom is 0.244 e. The van der Waals surface area contributed by atoms with Crippen molar-refractivity contribution in [2.45, 2.75) is 24.3 Å². The van der Waals surface area contributed by atoms with Gasteiger partial charge in [-0.1, -0.05) is 6.92 Å². The molecule has 1 aromatic carbocycles. The summed E-state index contributed by atoms with van der Waals surface area (Å²) in [5.74, 6) is 0.222. The molecule has 0 radical (unpaired) electrons. The SMILES string of the molecule is CCC(COC)NS(=O)(=O)c1ccc(N)cc1OC. The van der Waals surface area contributed by atoms with E-state index in [0.717, 1.165) is 0 Å². The Morgan fingerprint density at radius 1 is 1.37 bits per heavy atom. The van der Waals surface area contributed by atoms with Crippen LogP contribution in [0.25, 0.3) is 0 Å². The molecule has 0 aliphatic rings. The van der Waals surface area contributed by atoms with Gasteiger partial charge in [-0.3, -0.25) is 0 Å². The minimum Gasteiger partial charge on any atom is -0.495 e. The Kier molecular flexibility index (Phi) is 5.59. The Morgan fingerprint density at radius 3 is 2.58 bits per heavy atom.